The van der Waals surface area contributed by atoms with E-state index < -0.39 is 6.10 Å². The van der Waals surface area contributed by atoms with Crippen LogP contribution < -0.4 is 10.5 Å². The molecule has 1 unspecified atom stereocenters. The normalized spacial score (nSPS) is 12.4. The molecule has 0 spiro atoms. The summed E-state index contributed by atoms with van der Waals surface area (Å²) in [4.78, 5) is 3.96. The smallest absolute Gasteiger partial charge is 0.216 e. The van der Waals surface area contributed by atoms with E-state index in [2.05, 4.69) is 15.2 Å². The zero-order chi connectivity index (χ0) is 15.4. The molecule has 0 fully saturated rings. The highest BCUT2D eigenvalue weighted by molar-refractivity contribution is 7.99. The van der Waals surface area contributed by atoms with E-state index in [-0.39, 0.29) is 12.6 Å². The minimum atomic E-state index is -0.615. The Bertz CT molecular complexity index is 762. The molecule has 0 amide bonds. The Morgan fingerprint density at radius 3 is 2.82 bits per heavy atom. The van der Waals surface area contributed by atoms with E-state index in [9.17, 15) is 5.11 Å². The molecule has 0 saturated heterocycles. The summed E-state index contributed by atoms with van der Waals surface area (Å²) in [5.41, 5.74) is 5.44. The number of fused-ring (bicyclic) bond motifs is 1. The van der Waals surface area contributed by atoms with Crippen LogP contribution in [0.1, 0.15) is 0 Å². The van der Waals surface area contributed by atoms with Crippen LogP contribution >= 0.6 is 11.8 Å². The van der Waals surface area contributed by atoms with Crippen molar-refractivity contribution in [1.82, 2.24) is 15.2 Å². The fraction of sp³-hybridized carbons (Fsp3) is 0.200. The molecule has 114 valence electrons. The first-order valence-corrected chi connectivity index (χ1v) is 7.79. The molecule has 1 atom stereocenters. The lowest BCUT2D eigenvalue weighted by molar-refractivity contribution is 0.126. The van der Waals surface area contributed by atoms with Crippen molar-refractivity contribution in [3.63, 3.8) is 0 Å². The van der Waals surface area contributed by atoms with Crippen LogP contribution in [0.5, 0.6) is 5.75 Å². The Morgan fingerprint density at radius 1 is 1.23 bits per heavy atom. The molecule has 1 aromatic heterocycles. The maximum Gasteiger partial charge on any atom is 0.216 e. The van der Waals surface area contributed by atoms with E-state index in [0.717, 1.165) is 16.5 Å². The molecule has 0 aliphatic heterocycles. The van der Waals surface area contributed by atoms with E-state index in [1.165, 1.54) is 11.8 Å². The minimum Gasteiger partial charge on any atom is -0.491 e. The molecule has 2 aromatic carbocycles. The number of nitrogens with one attached hydrogen (secondary N) is 1. The van der Waals surface area contributed by atoms with Crippen LogP contribution in [-0.4, -0.2) is 38.8 Å². The molecular formula is C15H16N4O2S. The molecule has 22 heavy (non-hydrogen) atoms. The van der Waals surface area contributed by atoms with E-state index in [1.54, 1.807) is 0 Å². The van der Waals surface area contributed by atoms with Gasteiger partial charge in [-0.05, 0) is 22.9 Å². The molecule has 6 nitrogen and oxygen atoms in total. The number of thioether (sulfide) groups is 1. The topological polar surface area (TPSA) is 97.1 Å². The monoisotopic (exact) mass is 316 g/mol. The van der Waals surface area contributed by atoms with Gasteiger partial charge in [-0.2, -0.15) is 4.98 Å². The number of nitrogen functional groups attached to an aromatic ring is 1. The Labute approximate surface area is 131 Å². The summed E-state index contributed by atoms with van der Waals surface area (Å²) < 4.78 is 5.63. The van der Waals surface area contributed by atoms with Gasteiger partial charge in [0.25, 0.3) is 0 Å². The fourth-order valence-electron chi connectivity index (χ4n) is 1.99. The van der Waals surface area contributed by atoms with Gasteiger partial charge in [-0.1, -0.05) is 42.1 Å². The van der Waals surface area contributed by atoms with Gasteiger partial charge in [0.05, 0.1) is 6.10 Å². The summed E-state index contributed by atoms with van der Waals surface area (Å²) >= 11 is 1.32. The summed E-state index contributed by atoms with van der Waals surface area (Å²) in [6.07, 6.45) is -0.615. The Kier molecular flexibility index (Phi) is 4.45. The highest BCUT2D eigenvalue weighted by Crippen LogP contribution is 2.21. The number of anilines is 1. The van der Waals surface area contributed by atoms with Gasteiger partial charge in [-0.15, -0.1) is 5.10 Å². The van der Waals surface area contributed by atoms with Gasteiger partial charge >= 0.3 is 0 Å². The first-order valence-electron chi connectivity index (χ1n) is 6.81. The van der Waals surface area contributed by atoms with Gasteiger partial charge in [0.15, 0.2) is 0 Å². The van der Waals surface area contributed by atoms with Gasteiger partial charge in [0, 0.05) is 5.75 Å². The van der Waals surface area contributed by atoms with Gasteiger partial charge < -0.3 is 15.6 Å². The number of nitrogens with zero attached hydrogens (tertiary/aromatic N) is 2. The van der Waals surface area contributed by atoms with Crippen molar-refractivity contribution < 1.29 is 9.84 Å². The minimum absolute atomic E-state index is 0.214. The van der Waals surface area contributed by atoms with Crippen molar-refractivity contribution in [2.24, 2.45) is 0 Å². The Balaban J connectivity index is 1.52. The van der Waals surface area contributed by atoms with Crippen LogP contribution in [0.3, 0.4) is 0 Å². The van der Waals surface area contributed by atoms with Crippen molar-refractivity contribution in [2.45, 2.75) is 11.3 Å². The predicted molar refractivity (Wildman–Crippen MR) is 87.0 cm³/mol. The predicted octanol–water partition coefficient (Wildman–Crippen LogP) is 2.07. The summed E-state index contributed by atoms with van der Waals surface area (Å²) in [6.45, 7) is 0.214. The molecule has 0 radical (unpaired) electrons. The van der Waals surface area contributed by atoms with E-state index in [4.69, 9.17) is 10.5 Å². The second kappa shape index (κ2) is 6.67. The maximum absolute atomic E-state index is 9.95. The van der Waals surface area contributed by atoms with Crippen molar-refractivity contribution in [1.29, 1.82) is 0 Å². The number of ether oxygens (including phenoxy) is 1. The average Bonchev–Trinajstić information content (AvgIpc) is 2.96. The third-order valence-corrected chi connectivity index (χ3v) is 4.04. The molecular weight excluding hydrogens is 300 g/mol. The number of hydrogen-bond acceptors (Lipinski definition) is 6. The fourth-order valence-corrected chi connectivity index (χ4v) is 2.70. The number of nitrogens with two attached hydrogens (primary N) is 1. The van der Waals surface area contributed by atoms with Crippen LogP contribution in [0.4, 0.5) is 5.95 Å². The number of H-pyrrole nitrogens is 1. The first-order chi connectivity index (χ1) is 10.7. The third kappa shape index (κ3) is 3.69. The van der Waals surface area contributed by atoms with Crippen LogP contribution in [0.15, 0.2) is 47.6 Å². The first kappa shape index (κ1) is 14.7. The lowest BCUT2D eigenvalue weighted by atomic mass is 10.1. The van der Waals surface area contributed by atoms with E-state index in [1.807, 2.05) is 42.5 Å². The molecule has 1 heterocycles. The zero-order valence-electron chi connectivity index (χ0n) is 11.8. The molecule has 3 rings (SSSR count). The lowest BCUT2D eigenvalue weighted by Gasteiger charge is -2.11. The molecule has 0 bridgehead atoms. The van der Waals surface area contributed by atoms with Gasteiger partial charge in [0.1, 0.15) is 12.4 Å². The van der Waals surface area contributed by atoms with Crippen molar-refractivity contribution in [2.75, 3.05) is 18.1 Å². The zero-order valence-corrected chi connectivity index (χ0v) is 12.6. The van der Waals surface area contributed by atoms with E-state index >= 15 is 0 Å². The summed E-state index contributed by atoms with van der Waals surface area (Å²) in [5, 5.41) is 19.2. The van der Waals surface area contributed by atoms with Gasteiger partial charge in [-0.3, -0.25) is 0 Å². The molecule has 4 N–H and O–H groups in total. The largest absolute Gasteiger partial charge is 0.491 e. The molecule has 7 heteroatoms. The summed E-state index contributed by atoms with van der Waals surface area (Å²) in [7, 11) is 0. The van der Waals surface area contributed by atoms with E-state index in [0.29, 0.717) is 10.9 Å². The molecule has 0 aliphatic rings. The number of aromatic nitrogens is 3. The Hall–Kier alpha value is -2.25. The number of hydrogen-bond donors (Lipinski definition) is 3. The highest BCUT2D eigenvalue weighted by atomic mass is 32.2. The van der Waals surface area contributed by atoms with Crippen molar-refractivity contribution in [3.05, 3.63) is 42.5 Å². The number of rotatable bonds is 6. The molecule has 0 aliphatic carbocycles. The Morgan fingerprint density at radius 2 is 2.05 bits per heavy atom. The summed E-state index contributed by atoms with van der Waals surface area (Å²) in [6, 6.07) is 13.9. The van der Waals surface area contributed by atoms with Gasteiger partial charge in [-0.25, -0.2) is 5.10 Å². The number of aliphatic hydroxyl groups is 1. The standard InChI is InChI=1S/C15H16N4O2S/c16-14-17-15(19-18-14)22-9-12(20)8-21-13-6-5-10-3-1-2-4-11(10)7-13/h1-7,12,20H,8-9H2,(H3,16,17,18,19). The number of aliphatic hydroxyl groups excluding tert-OH is 1. The van der Waals surface area contributed by atoms with Crippen LogP contribution in [0.25, 0.3) is 10.8 Å². The molecule has 0 saturated carbocycles. The SMILES string of the molecule is Nc1nc(SCC(O)COc2ccc3ccccc3c2)n[nH]1. The van der Waals surface area contributed by atoms with Crippen molar-refractivity contribution in [3.8, 4) is 5.75 Å². The third-order valence-electron chi connectivity index (χ3n) is 3.05. The maximum atomic E-state index is 9.95. The van der Waals surface area contributed by atoms with Crippen LogP contribution in [0, 0.1) is 0 Å². The quantitative estimate of drug-likeness (QED) is 0.602. The number of aromatic amines is 1. The van der Waals surface area contributed by atoms with Crippen LogP contribution in [-0.2, 0) is 0 Å². The second-order valence-corrected chi connectivity index (χ2v) is 5.78. The summed E-state index contributed by atoms with van der Waals surface area (Å²) in [5.74, 6) is 1.44. The molecule has 3 aromatic rings. The lowest BCUT2D eigenvalue weighted by Crippen LogP contribution is -2.20. The highest BCUT2D eigenvalue weighted by Gasteiger charge is 2.09. The average molecular weight is 316 g/mol. The van der Waals surface area contributed by atoms with Crippen molar-refractivity contribution >= 4 is 28.5 Å². The van der Waals surface area contributed by atoms with Gasteiger partial charge in [0.2, 0.25) is 11.1 Å². The number of benzene rings is 2. The second-order valence-electron chi connectivity index (χ2n) is 4.79. The van der Waals surface area contributed by atoms with Crippen LogP contribution in [0.2, 0.25) is 0 Å².